The second kappa shape index (κ2) is 6.03. The van der Waals surface area contributed by atoms with Crippen molar-refractivity contribution in [3.8, 4) is 0 Å². The molecule has 17 heavy (non-hydrogen) atoms. The third-order valence-electron chi connectivity index (χ3n) is 2.50. The summed E-state index contributed by atoms with van der Waals surface area (Å²) in [6.45, 7) is 5.71. The fourth-order valence-corrected chi connectivity index (χ4v) is 2.85. The van der Waals surface area contributed by atoms with Crippen molar-refractivity contribution in [2.24, 2.45) is 5.92 Å². The van der Waals surface area contributed by atoms with Gasteiger partial charge in [0.05, 0.1) is 24.7 Å². The molecule has 2 rings (SSSR count). The van der Waals surface area contributed by atoms with Gasteiger partial charge in [-0.05, 0) is 11.7 Å². The summed E-state index contributed by atoms with van der Waals surface area (Å²) < 4.78 is 5.36. The molecule has 0 bridgehead atoms. The molecule has 0 unspecified atom stereocenters. The Balaban J connectivity index is 2.06. The fraction of sp³-hybridized carbons (Fsp3) is 0.667. The van der Waals surface area contributed by atoms with Crippen LogP contribution in [0.25, 0.3) is 0 Å². The molecule has 0 atom stereocenters. The van der Waals surface area contributed by atoms with Crippen molar-refractivity contribution in [1.29, 1.82) is 0 Å². The molecule has 0 saturated heterocycles. The lowest BCUT2D eigenvalue weighted by atomic mass is 10.1. The number of nitrogens with zero attached hydrogens (tertiary/aromatic N) is 2. The third kappa shape index (κ3) is 3.57. The molecule has 0 aromatic carbocycles. The normalized spacial score (nSPS) is 15.1. The molecule has 94 valence electrons. The first-order valence-electron chi connectivity index (χ1n) is 5.86. The molecule has 0 aliphatic carbocycles. The quantitative estimate of drug-likeness (QED) is 0.789. The van der Waals surface area contributed by atoms with Gasteiger partial charge >= 0.3 is 0 Å². The van der Waals surface area contributed by atoms with Crippen LogP contribution in [0.5, 0.6) is 0 Å². The summed E-state index contributed by atoms with van der Waals surface area (Å²) in [6, 6.07) is 0. The average molecular weight is 273 g/mol. The maximum Gasteiger partial charge on any atom is 0.140 e. The number of rotatable bonds is 4. The van der Waals surface area contributed by atoms with Gasteiger partial charge in [0.1, 0.15) is 11.0 Å². The maximum atomic E-state index is 6.15. The minimum Gasteiger partial charge on any atom is -0.376 e. The highest BCUT2D eigenvalue weighted by molar-refractivity contribution is 7.98. The van der Waals surface area contributed by atoms with Gasteiger partial charge in [-0.2, -0.15) is 11.8 Å². The summed E-state index contributed by atoms with van der Waals surface area (Å²) in [6.07, 6.45) is 0.847. The van der Waals surface area contributed by atoms with Crippen LogP contribution in [0.2, 0.25) is 5.15 Å². The Hall–Kier alpha value is -0.320. The third-order valence-corrected chi connectivity index (χ3v) is 4.18. The van der Waals surface area contributed by atoms with Crippen molar-refractivity contribution in [1.82, 2.24) is 9.97 Å². The number of ether oxygens (including phenoxy) is 1. The van der Waals surface area contributed by atoms with Crippen molar-refractivity contribution >= 4 is 23.4 Å². The van der Waals surface area contributed by atoms with Gasteiger partial charge in [0.25, 0.3) is 0 Å². The zero-order chi connectivity index (χ0) is 12.3. The molecule has 1 aliphatic heterocycles. The van der Waals surface area contributed by atoms with Crippen molar-refractivity contribution in [3.05, 3.63) is 22.2 Å². The minimum absolute atomic E-state index is 0.549. The Morgan fingerprint density at radius 2 is 2.24 bits per heavy atom. The monoisotopic (exact) mass is 272 g/mol. The van der Waals surface area contributed by atoms with E-state index >= 15 is 0 Å². The highest BCUT2D eigenvalue weighted by Gasteiger charge is 2.16. The number of thioether (sulfide) groups is 1. The maximum absolute atomic E-state index is 6.15. The zero-order valence-electron chi connectivity index (χ0n) is 10.2. The summed E-state index contributed by atoms with van der Waals surface area (Å²) >= 11 is 8.01. The van der Waals surface area contributed by atoms with E-state index in [1.807, 2.05) is 11.8 Å². The zero-order valence-corrected chi connectivity index (χ0v) is 11.8. The van der Waals surface area contributed by atoms with Crippen LogP contribution in [0.3, 0.4) is 0 Å². The SMILES string of the molecule is CC(C)CSCc1nc(Cl)c2c(n1)CCOC2. The molecule has 0 fully saturated rings. The smallest absolute Gasteiger partial charge is 0.140 e. The molecule has 2 heterocycles. The van der Waals surface area contributed by atoms with Gasteiger partial charge in [-0.15, -0.1) is 0 Å². The lowest BCUT2D eigenvalue weighted by Crippen LogP contribution is -2.15. The number of hydrogen-bond acceptors (Lipinski definition) is 4. The predicted octanol–water partition coefficient (Wildman–Crippen LogP) is 3.09. The van der Waals surface area contributed by atoms with Gasteiger partial charge in [-0.25, -0.2) is 9.97 Å². The van der Waals surface area contributed by atoms with E-state index in [0.29, 0.717) is 17.7 Å². The van der Waals surface area contributed by atoms with Crippen LogP contribution >= 0.6 is 23.4 Å². The number of aromatic nitrogens is 2. The second-order valence-electron chi connectivity index (χ2n) is 4.57. The van der Waals surface area contributed by atoms with E-state index in [1.165, 1.54) is 0 Å². The van der Waals surface area contributed by atoms with E-state index in [0.717, 1.165) is 41.6 Å². The van der Waals surface area contributed by atoms with Gasteiger partial charge in [-0.3, -0.25) is 0 Å². The molecule has 1 aromatic rings. The predicted molar refractivity (Wildman–Crippen MR) is 71.4 cm³/mol. The molecule has 1 aliphatic rings. The van der Waals surface area contributed by atoms with E-state index < -0.39 is 0 Å². The van der Waals surface area contributed by atoms with E-state index in [2.05, 4.69) is 23.8 Å². The molecule has 3 nitrogen and oxygen atoms in total. The molecule has 0 saturated carbocycles. The van der Waals surface area contributed by atoms with Crippen LogP contribution in [-0.2, 0) is 23.5 Å². The molecule has 0 amide bonds. The van der Waals surface area contributed by atoms with E-state index in [-0.39, 0.29) is 0 Å². The van der Waals surface area contributed by atoms with Gasteiger partial charge in [0.2, 0.25) is 0 Å². The van der Waals surface area contributed by atoms with Gasteiger partial charge in [0, 0.05) is 12.0 Å². The van der Waals surface area contributed by atoms with E-state index in [4.69, 9.17) is 16.3 Å². The van der Waals surface area contributed by atoms with Crippen LogP contribution in [-0.4, -0.2) is 22.3 Å². The molecular weight excluding hydrogens is 256 g/mol. The minimum atomic E-state index is 0.549. The Labute approximate surface area is 111 Å². The second-order valence-corrected chi connectivity index (χ2v) is 5.96. The first-order chi connectivity index (χ1) is 8.16. The molecule has 0 N–H and O–H groups in total. The van der Waals surface area contributed by atoms with Crippen LogP contribution in [0.1, 0.15) is 30.9 Å². The summed E-state index contributed by atoms with van der Waals surface area (Å²) in [7, 11) is 0. The van der Waals surface area contributed by atoms with Crippen LogP contribution in [0.15, 0.2) is 0 Å². The van der Waals surface area contributed by atoms with Crippen molar-refractivity contribution in [2.45, 2.75) is 32.6 Å². The van der Waals surface area contributed by atoms with Gasteiger partial charge in [0.15, 0.2) is 0 Å². The van der Waals surface area contributed by atoms with Gasteiger partial charge < -0.3 is 4.74 Å². The van der Waals surface area contributed by atoms with Crippen molar-refractivity contribution in [2.75, 3.05) is 12.4 Å². The van der Waals surface area contributed by atoms with Crippen molar-refractivity contribution < 1.29 is 4.74 Å². The van der Waals surface area contributed by atoms with Crippen molar-refractivity contribution in [3.63, 3.8) is 0 Å². The van der Waals surface area contributed by atoms with Crippen LogP contribution in [0.4, 0.5) is 0 Å². The summed E-state index contributed by atoms with van der Waals surface area (Å²) in [4.78, 5) is 8.91. The number of hydrogen-bond donors (Lipinski definition) is 0. The molecule has 1 aromatic heterocycles. The largest absolute Gasteiger partial charge is 0.376 e. The van der Waals surface area contributed by atoms with E-state index in [1.54, 1.807) is 0 Å². The molecule has 0 radical (unpaired) electrons. The highest BCUT2D eigenvalue weighted by atomic mass is 35.5. The Morgan fingerprint density at radius 1 is 1.41 bits per heavy atom. The summed E-state index contributed by atoms with van der Waals surface area (Å²) in [5, 5.41) is 0.565. The van der Waals surface area contributed by atoms with Crippen LogP contribution in [0, 0.1) is 5.92 Å². The standard InChI is InChI=1S/C12H17ClN2OS/c1-8(2)6-17-7-11-14-10-3-4-16-5-9(10)12(13)15-11/h8H,3-7H2,1-2H3. The summed E-state index contributed by atoms with van der Waals surface area (Å²) in [5.74, 6) is 3.51. The average Bonchev–Trinajstić information content (AvgIpc) is 2.28. The molecule has 0 spiro atoms. The molecular formula is C12H17ClN2OS. The lowest BCUT2D eigenvalue weighted by Gasteiger charge is -2.17. The number of halogens is 1. The summed E-state index contributed by atoms with van der Waals surface area (Å²) in [5.41, 5.74) is 2.03. The first-order valence-corrected chi connectivity index (χ1v) is 7.39. The van der Waals surface area contributed by atoms with Crippen LogP contribution < -0.4 is 0 Å². The number of fused-ring (bicyclic) bond motifs is 1. The lowest BCUT2D eigenvalue weighted by molar-refractivity contribution is 0.109. The Kier molecular flexibility index (Phi) is 4.65. The fourth-order valence-electron chi connectivity index (χ4n) is 1.69. The van der Waals surface area contributed by atoms with E-state index in [9.17, 15) is 0 Å². The molecule has 5 heteroatoms. The van der Waals surface area contributed by atoms with Gasteiger partial charge in [-0.1, -0.05) is 25.4 Å². The Morgan fingerprint density at radius 3 is 3.00 bits per heavy atom. The first kappa shape index (κ1) is 13.1. The Bertz CT molecular complexity index is 398. The highest BCUT2D eigenvalue weighted by Crippen LogP contribution is 2.23. The topological polar surface area (TPSA) is 35.0 Å².